The van der Waals surface area contributed by atoms with E-state index in [0.29, 0.717) is 5.56 Å². The first kappa shape index (κ1) is 7.86. The van der Waals surface area contributed by atoms with Crippen LogP contribution in [0.25, 0.3) is 0 Å². The molecule has 11 heavy (non-hydrogen) atoms. The van der Waals surface area contributed by atoms with Gasteiger partial charge in [0.1, 0.15) is 6.07 Å². The summed E-state index contributed by atoms with van der Waals surface area (Å²) < 4.78 is 1.50. The molecule has 0 aliphatic carbocycles. The lowest BCUT2D eigenvalue weighted by Crippen LogP contribution is -2.36. The highest BCUT2D eigenvalue weighted by Gasteiger charge is 2.19. The Labute approximate surface area is 64.5 Å². The van der Waals surface area contributed by atoms with E-state index in [2.05, 4.69) is 0 Å². The predicted molar refractivity (Wildman–Crippen MR) is 40.0 cm³/mol. The fourth-order valence-corrected chi connectivity index (χ4v) is 0.958. The zero-order chi connectivity index (χ0) is 8.43. The van der Waals surface area contributed by atoms with Crippen molar-refractivity contribution in [1.82, 2.24) is 4.57 Å². The van der Waals surface area contributed by atoms with E-state index in [0.717, 1.165) is 0 Å². The molecule has 0 spiro atoms. The lowest BCUT2D eigenvalue weighted by Gasteiger charge is -2.00. The Morgan fingerprint density at radius 3 is 2.64 bits per heavy atom. The number of aryl methyl sites for hydroxylation is 1. The van der Waals surface area contributed by atoms with Gasteiger partial charge in [-0.15, -0.1) is 0 Å². The third-order valence-electron chi connectivity index (χ3n) is 1.49. The third kappa shape index (κ3) is 1.27. The van der Waals surface area contributed by atoms with Crippen molar-refractivity contribution in [2.45, 2.75) is 0 Å². The molecule has 2 N–H and O–H groups in total. The summed E-state index contributed by atoms with van der Waals surface area (Å²) in [7, 11) is 0.0694. The minimum Gasteiger partial charge on any atom is -0.422 e. The van der Waals surface area contributed by atoms with Gasteiger partial charge in [0.2, 0.25) is 0 Å². The van der Waals surface area contributed by atoms with Crippen molar-refractivity contribution in [3.63, 3.8) is 0 Å². The van der Waals surface area contributed by atoms with Gasteiger partial charge in [0.15, 0.2) is 0 Å². The number of nitriles is 1. The van der Waals surface area contributed by atoms with E-state index < -0.39 is 7.12 Å². The van der Waals surface area contributed by atoms with Crippen LogP contribution >= 0.6 is 0 Å². The van der Waals surface area contributed by atoms with E-state index in [-0.39, 0.29) is 5.59 Å². The molecule has 0 aromatic carbocycles. The van der Waals surface area contributed by atoms with E-state index in [4.69, 9.17) is 15.3 Å². The summed E-state index contributed by atoms with van der Waals surface area (Å²) in [5.41, 5.74) is 0.523. The average Bonchev–Trinajstić information content (AvgIpc) is 2.30. The second-order valence-corrected chi connectivity index (χ2v) is 2.21. The van der Waals surface area contributed by atoms with Gasteiger partial charge in [-0.3, -0.25) is 0 Å². The molecule has 0 saturated heterocycles. The fourth-order valence-electron chi connectivity index (χ4n) is 0.958. The lowest BCUT2D eigenvalue weighted by atomic mass is 9.83. The number of hydrogen-bond acceptors (Lipinski definition) is 3. The molecule has 0 aliphatic rings. The fraction of sp³-hybridized carbons (Fsp3) is 0.167. The van der Waals surface area contributed by atoms with Gasteiger partial charge in [0.25, 0.3) is 0 Å². The van der Waals surface area contributed by atoms with Crippen molar-refractivity contribution in [2.24, 2.45) is 7.05 Å². The normalized spacial score (nSPS) is 9.27. The second kappa shape index (κ2) is 2.78. The van der Waals surface area contributed by atoms with Crippen molar-refractivity contribution in [3.05, 3.63) is 17.8 Å². The van der Waals surface area contributed by atoms with Crippen LogP contribution in [0.4, 0.5) is 0 Å². The molecule has 0 amide bonds. The topological polar surface area (TPSA) is 69.2 Å². The number of nitrogens with zero attached hydrogens (tertiary/aromatic N) is 2. The number of aromatic nitrogens is 1. The summed E-state index contributed by atoms with van der Waals surface area (Å²) in [6, 6.07) is 3.39. The van der Waals surface area contributed by atoms with Gasteiger partial charge in [-0.05, 0) is 6.07 Å². The molecule has 0 saturated carbocycles. The summed E-state index contributed by atoms with van der Waals surface area (Å²) in [4.78, 5) is 0. The highest BCUT2D eigenvalue weighted by molar-refractivity contribution is 6.58. The highest BCUT2D eigenvalue weighted by atomic mass is 16.4. The van der Waals surface area contributed by atoms with Crippen LogP contribution in [-0.2, 0) is 7.05 Å². The molecule has 4 nitrogen and oxygen atoms in total. The summed E-state index contributed by atoms with van der Waals surface area (Å²) >= 11 is 0. The average molecular weight is 150 g/mol. The zero-order valence-corrected chi connectivity index (χ0v) is 6.02. The van der Waals surface area contributed by atoms with Crippen LogP contribution in [0.5, 0.6) is 0 Å². The van der Waals surface area contributed by atoms with Gasteiger partial charge < -0.3 is 14.6 Å². The van der Waals surface area contributed by atoms with Crippen LogP contribution in [0.15, 0.2) is 12.3 Å². The smallest absolute Gasteiger partial charge is 0.422 e. The Morgan fingerprint density at radius 1 is 1.64 bits per heavy atom. The van der Waals surface area contributed by atoms with E-state index in [9.17, 15) is 0 Å². The van der Waals surface area contributed by atoms with E-state index >= 15 is 0 Å². The van der Waals surface area contributed by atoms with Gasteiger partial charge in [-0.25, -0.2) is 0 Å². The SMILES string of the molecule is Cn1ccc(C#N)c1B(O)O. The Bertz CT molecular complexity index is 300. The molecular weight excluding hydrogens is 143 g/mol. The molecule has 1 rings (SSSR count). The van der Waals surface area contributed by atoms with Crippen LogP contribution in [0.3, 0.4) is 0 Å². The molecule has 5 heteroatoms. The van der Waals surface area contributed by atoms with Gasteiger partial charge >= 0.3 is 7.12 Å². The Kier molecular flexibility index (Phi) is 1.99. The number of hydrogen-bond donors (Lipinski definition) is 2. The highest BCUT2D eigenvalue weighted by Crippen LogP contribution is 1.94. The zero-order valence-electron chi connectivity index (χ0n) is 6.02. The molecule has 0 radical (unpaired) electrons. The molecular formula is C6H7BN2O2. The molecule has 0 fully saturated rings. The van der Waals surface area contributed by atoms with E-state index in [1.54, 1.807) is 13.2 Å². The maximum absolute atomic E-state index is 8.79. The van der Waals surface area contributed by atoms with Gasteiger partial charge in [0, 0.05) is 13.2 Å². The van der Waals surface area contributed by atoms with Crippen LogP contribution < -0.4 is 5.59 Å². The standard InChI is InChI=1S/C6H7BN2O2/c1-9-3-2-5(4-8)6(9)7(10)11/h2-3,10-11H,1H3. The van der Waals surface area contributed by atoms with Crippen molar-refractivity contribution in [2.75, 3.05) is 0 Å². The number of rotatable bonds is 1. The summed E-state index contributed by atoms with van der Waals surface area (Å²) in [5.74, 6) is 0. The summed E-state index contributed by atoms with van der Waals surface area (Å²) in [5, 5.41) is 26.1. The molecule has 0 bridgehead atoms. The third-order valence-corrected chi connectivity index (χ3v) is 1.49. The predicted octanol–water partition coefficient (Wildman–Crippen LogP) is -1.42. The van der Waals surface area contributed by atoms with Crippen molar-refractivity contribution < 1.29 is 10.0 Å². The van der Waals surface area contributed by atoms with Gasteiger partial charge in [-0.1, -0.05) is 0 Å². The Hall–Kier alpha value is -1.25. The van der Waals surface area contributed by atoms with E-state index in [1.807, 2.05) is 6.07 Å². The van der Waals surface area contributed by atoms with Crippen LogP contribution in [0.1, 0.15) is 5.56 Å². The maximum Gasteiger partial charge on any atom is 0.507 e. The van der Waals surface area contributed by atoms with Crippen molar-refractivity contribution >= 4 is 12.7 Å². The minimum absolute atomic E-state index is 0.229. The quantitative estimate of drug-likeness (QED) is 0.482. The lowest BCUT2D eigenvalue weighted by molar-refractivity contribution is 0.422. The van der Waals surface area contributed by atoms with Crippen LogP contribution in [0, 0.1) is 11.3 Å². The van der Waals surface area contributed by atoms with Gasteiger partial charge in [0.05, 0.1) is 11.2 Å². The molecule has 1 heterocycles. The monoisotopic (exact) mass is 150 g/mol. The van der Waals surface area contributed by atoms with Crippen molar-refractivity contribution in [3.8, 4) is 6.07 Å². The largest absolute Gasteiger partial charge is 0.507 e. The first-order valence-corrected chi connectivity index (χ1v) is 3.08. The van der Waals surface area contributed by atoms with Crippen molar-refractivity contribution in [1.29, 1.82) is 5.26 Å². The van der Waals surface area contributed by atoms with Crippen LogP contribution in [-0.4, -0.2) is 21.7 Å². The molecule has 0 unspecified atom stereocenters. The van der Waals surface area contributed by atoms with Gasteiger partial charge in [-0.2, -0.15) is 5.26 Å². The van der Waals surface area contributed by atoms with E-state index in [1.165, 1.54) is 10.6 Å². The first-order valence-electron chi connectivity index (χ1n) is 3.08. The summed E-state index contributed by atoms with van der Waals surface area (Å²) in [6.07, 6.45) is 1.60. The Balaban J connectivity index is 3.21. The molecule has 1 aromatic rings. The summed E-state index contributed by atoms with van der Waals surface area (Å²) in [6.45, 7) is 0. The second-order valence-electron chi connectivity index (χ2n) is 2.21. The maximum atomic E-state index is 8.79. The first-order chi connectivity index (χ1) is 5.16. The van der Waals surface area contributed by atoms with Crippen LogP contribution in [0.2, 0.25) is 0 Å². The molecule has 0 aliphatic heterocycles. The molecule has 0 atom stereocenters. The minimum atomic E-state index is -1.58. The molecule has 1 aromatic heterocycles. The Morgan fingerprint density at radius 2 is 2.27 bits per heavy atom. The molecule has 56 valence electrons.